The van der Waals surface area contributed by atoms with Crippen molar-refractivity contribution < 1.29 is 14.3 Å². The zero-order valence-corrected chi connectivity index (χ0v) is 14.9. The molecule has 0 aliphatic carbocycles. The Balaban J connectivity index is 0.000000880. The lowest BCUT2D eigenvalue weighted by Gasteiger charge is -2.42. The lowest BCUT2D eigenvalue weighted by atomic mass is 9.82. The van der Waals surface area contributed by atoms with Crippen molar-refractivity contribution in [1.82, 2.24) is 4.90 Å². The minimum atomic E-state index is -0.422. The highest BCUT2D eigenvalue weighted by atomic mass is 16.7. The van der Waals surface area contributed by atoms with Gasteiger partial charge >= 0.3 is 0 Å². The van der Waals surface area contributed by atoms with Gasteiger partial charge in [0.1, 0.15) is 18.5 Å². The molecule has 0 saturated carbocycles. The number of ether oxygens (including phenoxy) is 2. The molecule has 132 valence electrons. The van der Waals surface area contributed by atoms with Crippen LogP contribution >= 0.6 is 0 Å². The molecule has 4 rings (SSSR count). The SMILES string of the molecule is CC.O=C(c1ccccc1)N1CCC2(c3ccccc3)OCOC2C1. The van der Waals surface area contributed by atoms with Gasteiger partial charge in [-0.25, -0.2) is 0 Å². The molecule has 2 heterocycles. The quantitative estimate of drug-likeness (QED) is 0.835. The number of carbonyl (C=O) groups is 1. The second kappa shape index (κ2) is 7.81. The Morgan fingerprint density at radius 1 is 1.04 bits per heavy atom. The van der Waals surface area contributed by atoms with Gasteiger partial charge in [-0.2, -0.15) is 0 Å². The van der Waals surface area contributed by atoms with Crippen molar-refractivity contribution in [2.24, 2.45) is 0 Å². The number of rotatable bonds is 2. The van der Waals surface area contributed by atoms with Crippen LogP contribution in [0.5, 0.6) is 0 Å². The molecule has 4 heteroatoms. The van der Waals surface area contributed by atoms with Gasteiger partial charge < -0.3 is 14.4 Å². The summed E-state index contributed by atoms with van der Waals surface area (Å²) < 4.78 is 11.8. The molecule has 1 amide bonds. The van der Waals surface area contributed by atoms with Crippen molar-refractivity contribution in [3.63, 3.8) is 0 Å². The summed E-state index contributed by atoms with van der Waals surface area (Å²) in [7, 11) is 0. The molecular weight excluding hydrogens is 314 g/mol. The highest BCUT2D eigenvalue weighted by Gasteiger charge is 2.51. The molecule has 2 aromatic carbocycles. The van der Waals surface area contributed by atoms with E-state index in [4.69, 9.17) is 9.47 Å². The Hall–Kier alpha value is -2.17. The van der Waals surface area contributed by atoms with Crippen LogP contribution in [0.2, 0.25) is 0 Å². The average molecular weight is 339 g/mol. The van der Waals surface area contributed by atoms with E-state index in [0.717, 1.165) is 17.5 Å². The van der Waals surface area contributed by atoms with E-state index in [9.17, 15) is 4.79 Å². The molecule has 2 aliphatic heterocycles. The standard InChI is InChI=1S/C19H19NO3.C2H6/c21-18(15-7-3-1-4-8-15)20-12-11-19(16-9-5-2-6-10-16)17(13-20)22-14-23-19;1-2/h1-10,17H,11-14H2;1-2H3. The Morgan fingerprint density at radius 3 is 2.36 bits per heavy atom. The first-order valence-corrected chi connectivity index (χ1v) is 8.95. The highest BCUT2D eigenvalue weighted by molar-refractivity contribution is 5.94. The van der Waals surface area contributed by atoms with Crippen LogP contribution in [0, 0.1) is 0 Å². The molecule has 2 saturated heterocycles. The van der Waals surface area contributed by atoms with E-state index in [-0.39, 0.29) is 18.8 Å². The second-order valence-corrected chi connectivity index (χ2v) is 6.04. The van der Waals surface area contributed by atoms with Crippen LogP contribution in [0.4, 0.5) is 0 Å². The van der Waals surface area contributed by atoms with Crippen LogP contribution in [-0.4, -0.2) is 36.8 Å². The maximum atomic E-state index is 12.7. The number of hydrogen-bond acceptors (Lipinski definition) is 3. The van der Waals surface area contributed by atoms with Crippen LogP contribution in [-0.2, 0) is 15.1 Å². The summed E-state index contributed by atoms with van der Waals surface area (Å²) in [6.07, 6.45) is 0.631. The van der Waals surface area contributed by atoms with E-state index in [1.54, 1.807) is 0 Å². The summed E-state index contributed by atoms with van der Waals surface area (Å²) in [6, 6.07) is 19.6. The van der Waals surface area contributed by atoms with E-state index < -0.39 is 5.60 Å². The van der Waals surface area contributed by atoms with Crippen LogP contribution < -0.4 is 0 Å². The molecule has 2 aromatic rings. The number of hydrogen-bond donors (Lipinski definition) is 0. The first-order chi connectivity index (χ1) is 12.3. The van der Waals surface area contributed by atoms with Gasteiger partial charge in [-0.3, -0.25) is 4.79 Å². The van der Waals surface area contributed by atoms with Gasteiger partial charge in [0.25, 0.3) is 5.91 Å². The topological polar surface area (TPSA) is 38.8 Å². The Labute approximate surface area is 149 Å². The van der Waals surface area contributed by atoms with Crippen LogP contribution in [0.3, 0.4) is 0 Å². The lowest BCUT2D eigenvalue weighted by molar-refractivity contribution is -0.0439. The number of piperidine rings is 1. The van der Waals surface area contributed by atoms with Gasteiger partial charge in [-0.05, 0) is 17.7 Å². The van der Waals surface area contributed by atoms with Gasteiger partial charge in [-0.1, -0.05) is 62.4 Å². The molecule has 0 bridgehead atoms. The number of fused-ring (bicyclic) bond motifs is 1. The fraction of sp³-hybridized carbons (Fsp3) is 0.381. The monoisotopic (exact) mass is 339 g/mol. The minimum absolute atomic E-state index is 0.0581. The second-order valence-electron chi connectivity index (χ2n) is 6.04. The molecule has 2 aliphatic rings. The van der Waals surface area contributed by atoms with Gasteiger partial charge in [0.2, 0.25) is 0 Å². The van der Waals surface area contributed by atoms with Gasteiger partial charge in [0.15, 0.2) is 0 Å². The molecule has 2 unspecified atom stereocenters. The molecular formula is C21H25NO3. The van der Waals surface area contributed by atoms with Crippen molar-refractivity contribution >= 4 is 5.91 Å². The Morgan fingerprint density at radius 2 is 1.68 bits per heavy atom. The van der Waals surface area contributed by atoms with Gasteiger partial charge in [0, 0.05) is 18.5 Å². The zero-order valence-electron chi connectivity index (χ0n) is 14.9. The van der Waals surface area contributed by atoms with Crippen molar-refractivity contribution in [3.8, 4) is 0 Å². The summed E-state index contributed by atoms with van der Waals surface area (Å²) in [5.74, 6) is 0.0581. The Bertz CT molecular complexity index is 689. The highest BCUT2D eigenvalue weighted by Crippen LogP contribution is 2.42. The van der Waals surface area contributed by atoms with Gasteiger partial charge in [-0.15, -0.1) is 0 Å². The largest absolute Gasteiger partial charge is 0.347 e. The third-order valence-electron chi connectivity index (χ3n) is 4.82. The van der Waals surface area contributed by atoms with Crippen LogP contribution in [0.25, 0.3) is 0 Å². The molecule has 2 atom stereocenters. The molecule has 0 spiro atoms. The predicted molar refractivity (Wildman–Crippen MR) is 97.3 cm³/mol. The molecule has 25 heavy (non-hydrogen) atoms. The van der Waals surface area contributed by atoms with E-state index in [2.05, 4.69) is 12.1 Å². The summed E-state index contributed by atoms with van der Waals surface area (Å²) in [5.41, 5.74) is 1.43. The van der Waals surface area contributed by atoms with Crippen LogP contribution in [0.1, 0.15) is 36.2 Å². The lowest BCUT2D eigenvalue weighted by Crippen LogP contribution is -2.53. The van der Waals surface area contributed by atoms with Crippen molar-refractivity contribution in [3.05, 3.63) is 71.8 Å². The molecule has 0 aromatic heterocycles. The molecule has 0 radical (unpaired) electrons. The first-order valence-electron chi connectivity index (χ1n) is 8.95. The third kappa shape index (κ3) is 3.32. The average Bonchev–Trinajstić information content (AvgIpc) is 3.14. The van der Waals surface area contributed by atoms with Crippen molar-refractivity contribution in [2.45, 2.75) is 32.0 Å². The number of amides is 1. The number of carbonyl (C=O) groups excluding carboxylic acids is 1. The van der Waals surface area contributed by atoms with Crippen molar-refractivity contribution in [2.75, 3.05) is 19.9 Å². The third-order valence-corrected chi connectivity index (χ3v) is 4.82. The Kier molecular flexibility index (Phi) is 5.51. The van der Waals surface area contributed by atoms with Crippen molar-refractivity contribution in [1.29, 1.82) is 0 Å². The maximum Gasteiger partial charge on any atom is 0.253 e. The normalized spacial score (nSPS) is 24.9. The number of nitrogens with zero attached hydrogens (tertiary/aromatic N) is 1. The minimum Gasteiger partial charge on any atom is -0.347 e. The van der Waals surface area contributed by atoms with E-state index in [1.165, 1.54) is 0 Å². The summed E-state index contributed by atoms with van der Waals surface area (Å²) in [6.45, 7) is 5.51. The van der Waals surface area contributed by atoms with Gasteiger partial charge in [0.05, 0.1) is 6.54 Å². The molecule has 0 N–H and O–H groups in total. The first kappa shape index (κ1) is 17.6. The molecule has 2 fully saturated rings. The summed E-state index contributed by atoms with van der Waals surface area (Å²) >= 11 is 0. The molecule has 4 nitrogen and oxygen atoms in total. The zero-order chi connectivity index (χ0) is 17.7. The van der Waals surface area contributed by atoms with E-state index in [0.29, 0.717) is 13.1 Å². The number of benzene rings is 2. The fourth-order valence-electron chi connectivity index (χ4n) is 3.56. The fourth-order valence-corrected chi connectivity index (χ4v) is 3.56. The summed E-state index contributed by atoms with van der Waals surface area (Å²) in [4.78, 5) is 14.5. The number of likely N-dealkylation sites (tertiary alicyclic amines) is 1. The summed E-state index contributed by atoms with van der Waals surface area (Å²) in [5, 5.41) is 0. The maximum absolute atomic E-state index is 12.7. The predicted octanol–water partition coefficient (Wildman–Crippen LogP) is 3.83. The van der Waals surface area contributed by atoms with E-state index >= 15 is 0 Å². The van der Waals surface area contributed by atoms with E-state index in [1.807, 2.05) is 67.3 Å². The van der Waals surface area contributed by atoms with Crippen LogP contribution in [0.15, 0.2) is 60.7 Å². The smallest absolute Gasteiger partial charge is 0.253 e.